The number of benzene rings is 1. The smallest absolute Gasteiger partial charge is 0.0753 e. The Morgan fingerprint density at radius 2 is 2.25 bits per heavy atom. The maximum Gasteiger partial charge on any atom is 0.0753 e. The Morgan fingerprint density at radius 1 is 1.44 bits per heavy atom. The van der Waals surface area contributed by atoms with E-state index in [0.717, 1.165) is 10.6 Å². The third kappa shape index (κ3) is 2.49. The van der Waals surface area contributed by atoms with Crippen molar-refractivity contribution in [3.8, 4) is 0 Å². The molecule has 4 nitrogen and oxygen atoms in total. The zero-order valence-electron chi connectivity index (χ0n) is 8.96. The second kappa shape index (κ2) is 4.49. The highest BCUT2D eigenvalue weighted by Crippen LogP contribution is 2.14. The molecular weight excluding hydrogens is 222 g/mol. The first-order chi connectivity index (χ1) is 7.65. The lowest BCUT2D eigenvalue weighted by molar-refractivity contribution is 0.680. The van der Waals surface area contributed by atoms with Gasteiger partial charge in [-0.3, -0.25) is 8.89 Å². The van der Waals surface area contributed by atoms with Crippen molar-refractivity contribution >= 4 is 16.5 Å². The van der Waals surface area contributed by atoms with Gasteiger partial charge in [0.05, 0.1) is 22.2 Å². The van der Waals surface area contributed by atoms with E-state index in [0.29, 0.717) is 11.4 Å². The van der Waals surface area contributed by atoms with Crippen molar-refractivity contribution in [2.45, 2.75) is 10.6 Å². The summed E-state index contributed by atoms with van der Waals surface area (Å²) < 4.78 is 13.7. The molecule has 1 aromatic heterocycles. The van der Waals surface area contributed by atoms with Crippen LogP contribution in [0.2, 0.25) is 0 Å². The van der Waals surface area contributed by atoms with Crippen molar-refractivity contribution in [2.24, 2.45) is 7.05 Å². The lowest BCUT2D eigenvalue weighted by atomic mass is 10.3. The van der Waals surface area contributed by atoms with Crippen LogP contribution in [0.1, 0.15) is 5.69 Å². The number of nitrogen functional groups attached to an aromatic ring is 1. The third-order valence-corrected chi connectivity index (χ3v) is 3.51. The molecule has 0 saturated carbocycles. The van der Waals surface area contributed by atoms with E-state index in [1.807, 2.05) is 25.4 Å². The van der Waals surface area contributed by atoms with Crippen molar-refractivity contribution in [1.82, 2.24) is 9.78 Å². The fourth-order valence-corrected chi connectivity index (χ4v) is 2.50. The lowest BCUT2D eigenvalue weighted by Crippen LogP contribution is -1.99. The highest BCUT2D eigenvalue weighted by molar-refractivity contribution is 7.84. The summed E-state index contributed by atoms with van der Waals surface area (Å²) in [6.45, 7) is 0. The molecule has 0 radical (unpaired) electrons. The van der Waals surface area contributed by atoms with Gasteiger partial charge in [-0.2, -0.15) is 5.10 Å². The number of hydrogen-bond acceptors (Lipinski definition) is 3. The molecule has 0 spiro atoms. The quantitative estimate of drug-likeness (QED) is 0.816. The summed E-state index contributed by atoms with van der Waals surface area (Å²) >= 11 is 0. The second-order valence-corrected chi connectivity index (χ2v) is 4.99. The molecule has 5 heteroatoms. The highest BCUT2D eigenvalue weighted by atomic mass is 32.2. The van der Waals surface area contributed by atoms with Gasteiger partial charge < -0.3 is 5.73 Å². The molecule has 0 saturated heterocycles. The zero-order valence-corrected chi connectivity index (χ0v) is 9.78. The van der Waals surface area contributed by atoms with Crippen LogP contribution in [-0.4, -0.2) is 14.0 Å². The average molecular weight is 235 g/mol. The normalized spacial score (nSPS) is 12.6. The van der Waals surface area contributed by atoms with E-state index in [9.17, 15) is 4.21 Å². The van der Waals surface area contributed by atoms with Gasteiger partial charge in [0.2, 0.25) is 0 Å². The van der Waals surface area contributed by atoms with Crippen molar-refractivity contribution in [3.63, 3.8) is 0 Å². The van der Waals surface area contributed by atoms with Gasteiger partial charge in [-0.15, -0.1) is 0 Å². The standard InChI is InChI=1S/C11H13N3OS/c1-14-6-5-10(13-14)8-16(15)11-4-2-3-9(12)7-11/h2-7H,8,12H2,1H3. The van der Waals surface area contributed by atoms with E-state index in [1.165, 1.54) is 0 Å². The maximum atomic E-state index is 12.0. The summed E-state index contributed by atoms with van der Waals surface area (Å²) in [5, 5.41) is 4.19. The molecule has 0 aliphatic rings. The Balaban J connectivity index is 2.14. The zero-order chi connectivity index (χ0) is 11.5. The number of anilines is 1. The minimum Gasteiger partial charge on any atom is -0.399 e. The largest absolute Gasteiger partial charge is 0.399 e. The Labute approximate surface area is 96.5 Å². The molecule has 1 atom stereocenters. The van der Waals surface area contributed by atoms with Crippen LogP contribution in [0.15, 0.2) is 41.4 Å². The van der Waals surface area contributed by atoms with Crippen molar-refractivity contribution in [1.29, 1.82) is 0 Å². The fourth-order valence-electron chi connectivity index (χ4n) is 1.41. The first-order valence-corrected chi connectivity index (χ1v) is 6.19. The molecule has 16 heavy (non-hydrogen) atoms. The van der Waals surface area contributed by atoms with E-state index < -0.39 is 10.8 Å². The molecule has 0 bridgehead atoms. The molecule has 0 fully saturated rings. The molecule has 0 aliphatic carbocycles. The van der Waals surface area contributed by atoms with Crippen LogP contribution in [0.4, 0.5) is 5.69 Å². The molecular formula is C11H13N3OS. The Hall–Kier alpha value is -1.62. The van der Waals surface area contributed by atoms with Crippen LogP contribution in [0.25, 0.3) is 0 Å². The number of aromatic nitrogens is 2. The monoisotopic (exact) mass is 235 g/mol. The van der Waals surface area contributed by atoms with Gasteiger partial charge >= 0.3 is 0 Å². The Morgan fingerprint density at radius 3 is 2.88 bits per heavy atom. The van der Waals surface area contributed by atoms with Crippen LogP contribution in [0, 0.1) is 0 Å². The fraction of sp³-hybridized carbons (Fsp3) is 0.182. The van der Waals surface area contributed by atoms with Gasteiger partial charge in [0.15, 0.2) is 0 Å². The predicted octanol–water partition coefficient (Wildman–Crippen LogP) is 1.31. The number of aryl methyl sites for hydroxylation is 1. The number of nitrogens with zero attached hydrogens (tertiary/aromatic N) is 2. The highest BCUT2D eigenvalue weighted by Gasteiger charge is 2.07. The number of rotatable bonds is 3. The number of hydrogen-bond donors (Lipinski definition) is 1. The van der Waals surface area contributed by atoms with Crippen LogP contribution in [-0.2, 0) is 23.6 Å². The Bertz CT molecular complexity index is 521. The second-order valence-electron chi connectivity index (χ2n) is 3.54. The molecule has 2 N–H and O–H groups in total. The van der Waals surface area contributed by atoms with E-state index >= 15 is 0 Å². The summed E-state index contributed by atoms with van der Waals surface area (Å²) in [6, 6.07) is 9.00. The van der Waals surface area contributed by atoms with E-state index in [-0.39, 0.29) is 0 Å². The first-order valence-electron chi connectivity index (χ1n) is 4.87. The van der Waals surface area contributed by atoms with Crippen LogP contribution < -0.4 is 5.73 Å². The van der Waals surface area contributed by atoms with Gasteiger partial charge in [-0.1, -0.05) is 6.07 Å². The van der Waals surface area contributed by atoms with Gasteiger partial charge in [0, 0.05) is 23.8 Å². The van der Waals surface area contributed by atoms with E-state index in [1.54, 1.807) is 22.9 Å². The van der Waals surface area contributed by atoms with E-state index in [2.05, 4.69) is 5.10 Å². The van der Waals surface area contributed by atoms with Crippen LogP contribution in [0.5, 0.6) is 0 Å². The van der Waals surface area contributed by atoms with Gasteiger partial charge in [-0.05, 0) is 24.3 Å². The van der Waals surface area contributed by atoms with Crippen molar-refractivity contribution in [3.05, 3.63) is 42.2 Å². The summed E-state index contributed by atoms with van der Waals surface area (Å²) in [4.78, 5) is 0.741. The molecule has 1 aromatic carbocycles. The van der Waals surface area contributed by atoms with Crippen LogP contribution >= 0.6 is 0 Å². The summed E-state index contributed by atoms with van der Waals surface area (Å²) in [5.41, 5.74) is 7.09. The van der Waals surface area contributed by atoms with Crippen molar-refractivity contribution < 1.29 is 4.21 Å². The SMILES string of the molecule is Cn1ccc(CS(=O)c2cccc(N)c2)n1. The molecule has 1 heterocycles. The van der Waals surface area contributed by atoms with Gasteiger partial charge in [0.25, 0.3) is 0 Å². The number of nitrogens with two attached hydrogens (primary N) is 1. The summed E-state index contributed by atoms with van der Waals surface area (Å²) in [7, 11) is 0.753. The van der Waals surface area contributed by atoms with Gasteiger partial charge in [0.1, 0.15) is 0 Å². The minimum absolute atomic E-state index is 0.421. The van der Waals surface area contributed by atoms with Gasteiger partial charge in [-0.25, -0.2) is 0 Å². The topological polar surface area (TPSA) is 60.9 Å². The third-order valence-electron chi connectivity index (χ3n) is 2.17. The lowest BCUT2D eigenvalue weighted by Gasteiger charge is -2.01. The molecule has 84 valence electrons. The van der Waals surface area contributed by atoms with Crippen molar-refractivity contribution in [2.75, 3.05) is 5.73 Å². The predicted molar refractivity (Wildman–Crippen MR) is 64.2 cm³/mol. The maximum absolute atomic E-state index is 12.0. The van der Waals surface area contributed by atoms with E-state index in [4.69, 9.17) is 5.73 Å². The first kappa shape index (κ1) is 10.9. The summed E-state index contributed by atoms with van der Waals surface area (Å²) in [6.07, 6.45) is 1.84. The molecule has 2 rings (SSSR count). The summed E-state index contributed by atoms with van der Waals surface area (Å²) in [5.74, 6) is 0.421. The molecule has 1 unspecified atom stereocenters. The average Bonchev–Trinajstić information content (AvgIpc) is 2.64. The molecule has 0 aliphatic heterocycles. The minimum atomic E-state index is -1.09. The van der Waals surface area contributed by atoms with Crippen LogP contribution in [0.3, 0.4) is 0 Å². The Kier molecular flexibility index (Phi) is 3.05. The molecule has 0 amide bonds. The molecule has 2 aromatic rings.